The molecule has 2 aromatic heterocycles. The first-order chi connectivity index (χ1) is 12.5. The maximum Gasteiger partial charge on any atom is 0.174 e. The molecular formula is C19H23FN6. The van der Waals surface area contributed by atoms with Crippen LogP contribution in [0.4, 0.5) is 15.9 Å². The van der Waals surface area contributed by atoms with Gasteiger partial charge in [-0.2, -0.15) is 5.10 Å². The molecule has 0 aliphatic heterocycles. The van der Waals surface area contributed by atoms with Gasteiger partial charge in [-0.1, -0.05) is 12.1 Å². The molecule has 0 amide bonds. The van der Waals surface area contributed by atoms with Crippen molar-refractivity contribution >= 4 is 11.5 Å². The van der Waals surface area contributed by atoms with Crippen molar-refractivity contribution < 1.29 is 4.39 Å². The first-order valence-electron chi connectivity index (χ1n) is 8.60. The Hall–Kier alpha value is -2.96. The summed E-state index contributed by atoms with van der Waals surface area (Å²) >= 11 is 0. The quantitative estimate of drug-likeness (QED) is 0.659. The largest absolute Gasteiger partial charge is 0.372 e. The number of para-hydroxylation sites is 1. The van der Waals surface area contributed by atoms with Gasteiger partial charge in [0, 0.05) is 25.8 Å². The van der Waals surface area contributed by atoms with Crippen molar-refractivity contribution in [1.29, 1.82) is 0 Å². The van der Waals surface area contributed by atoms with E-state index in [0.29, 0.717) is 23.9 Å². The maximum atomic E-state index is 13.8. The summed E-state index contributed by atoms with van der Waals surface area (Å²) in [7, 11) is 1.89. The Bertz CT molecular complexity index is 876. The van der Waals surface area contributed by atoms with Gasteiger partial charge in [-0.05, 0) is 38.5 Å². The van der Waals surface area contributed by atoms with Gasteiger partial charge >= 0.3 is 0 Å². The molecule has 1 N–H and O–H groups in total. The number of halogens is 1. The third kappa shape index (κ3) is 4.17. The molecule has 136 valence electrons. The van der Waals surface area contributed by atoms with E-state index < -0.39 is 0 Å². The molecule has 0 atom stereocenters. The van der Waals surface area contributed by atoms with Crippen LogP contribution in [0.1, 0.15) is 17.8 Å². The highest BCUT2D eigenvalue weighted by molar-refractivity contribution is 5.46. The predicted molar refractivity (Wildman–Crippen MR) is 101 cm³/mol. The van der Waals surface area contributed by atoms with E-state index in [1.807, 2.05) is 37.9 Å². The first-order valence-corrected chi connectivity index (χ1v) is 8.60. The third-order valence-electron chi connectivity index (χ3n) is 4.09. The van der Waals surface area contributed by atoms with E-state index in [9.17, 15) is 4.39 Å². The van der Waals surface area contributed by atoms with E-state index >= 15 is 0 Å². The lowest BCUT2D eigenvalue weighted by Crippen LogP contribution is -2.22. The number of aromatic nitrogens is 4. The topological polar surface area (TPSA) is 58.9 Å². The second kappa shape index (κ2) is 7.95. The molecule has 3 aromatic rings. The lowest BCUT2D eigenvalue weighted by atomic mass is 10.2. The zero-order valence-corrected chi connectivity index (χ0v) is 15.3. The molecule has 3 rings (SSSR count). The van der Waals surface area contributed by atoms with E-state index in [4.69, 9.17) is 0 Å². The average molecular weight is 354 g/mol. The molecule has 0 saturated carbocycles. The molecule has 0 unspecified atom stereocenters. The van der Waals surface area contributed by atoms with Crippen molar-refractivity contribution in [3.8, 4) is 5.82 Å². The summed E-state index contributed by atoms with van der Waals surface area (Å²) in [5, 5.41) is 7.69. The van der Waals surface area contributed by atoms with Crippen LogP contribution in [0.25, 0.3) is 5.82 Å². The van der Waals surface area contributed by atoms with Crippen LogP contribution in [0.2, 0.25) is 0 Å². The van der Waals surface area contributed by atoms with Gasteiger partial charge in [-0.25, -0.2) is 14.1 Å². The van der Waals surface area contributed by atoms with E-state index in [0.717, 1.165) is 24.4 Å². The standard InChI is InChI=1S/C19H23FN6/c1-14-11-15(2)26(24-14)19-13-21-12-18(23-19)22-9-6-10-25(3)17-8-5-4-7-16(17)20/h4-5,7-8,11-13H,6,9-10H2,1-3H3,(H,22,23). The van der Waals surface area contributed by atoms with E-state index in [-0.39, 0.29) is 5.82 Å². The number of nitrogens with one attached hydrogen (secondary N) is 1. The smallest absolute Gasteiger partial charge is 0.174 e. The predicted octanol–water partition coefficient (Wildman–Crippen LogP) is 3.36. The normalized spacial score (nSPS) is 10.8. The molecule has 2 heterocycles. The number of rotatable bonds is 7. The number of hydrogen-bond acceptors (Lipinski definition) is 5. The van der Waals surface area contributed by atoms with Crippen molar-refractivity contribution in [3.63, 3.8) is 0 Å². The van der Waals surface area contributed by atoms with Gasteiger partial charge in [0.05, 0.1) is 23.8 Å². The number of hydrogen-bond donors (Lipinski definition) is 1. The highest BCUT2D eigenvalue weighted by atomic mass is 19.1. The Morgan fingerprint density at radius 2 is 2.00 bits per heavy atom. The van der Waals surface area contributed by atoms with Gasteiger partial charge in [0.25, 0.3) is 0 Å². The number of aryl methyl sites for hydroxylation is 2. The van der Waals surface area contributed by atoms with Gasteiger partial charge < -0.3 is 10.2 Å². The van der Waals surface area contributed by atoms with Gasteiger partial charge in [0.1, 0.15) is 11.6 Å². The highest BCUT2D eigenvalue weighted by Crippen LogP contribution is 2.17. The number of benzene rings is 1. The molecule has 1 aromatic carbocycles. The lowest BCUT2D eigenvalue weighted by Gasteiger charge is -2.19. The first kappa shape index (κ1) is 17.8. The van der Waals surface area contributed by atoms with Crippen molar-refractivity contribution in [2.24, 2.45) is 0 Å². The molecule has 0 saturated heterocycles. The molecular weight excluding hydrogens is 331 g/mol. The second-order valence-corrected chi connectivity index (χ2v) is 6.25. The summed E-state index contributed by atoms with van der Waals surface area (Å²) in [4.78, 5) is 10.7. The summed E-state index contributed by atoms with van der Waals surface area (Å²) in [6.45, 7) is 5.39. The molecule has 0 aliphatic rings. The average Bonchev–Trinajstić information content (AvgIpc) is 2.97. The van der Waals surface area contributed by atoms with E-state index in [1.165, 1.54) is 6.07 Å². The van der Waals surface area contributed by atoms with Gasteiger partial charge in [0.15, 0.2) is 5.82 Å². The third-order valence-corrected chi connectivity index (χ3v) is 4.09. The molecule has 0 radical (unpaired) electrons. The zero-order valence-electron chi connectivity index (χ0n) is 15.3. The van der Waals surface area contributed by atoms with Crippen LogP contribution in [0.3, 0.4) is 0 Å². The van der Waals surface area contributed by atoms with E-state index in [2.05, 4.69) is 20.4 Å². The minimum atomic E-state index is -0.202. The fourth-order valence-electron chi connectivity index (χ4n) is 2.82. The number of nitrogens with zero attached hydrogens (tertiary/aromatic N) is 5. The monoisotopic (exact) mass is 354 g/mol. The molecule has 0 spiro atoms. The molecule has 6 nitrogen and oxygen atoms in total. The lowest BCUT2D eigenvalue weighted by molar-refractivity contribution is 0.621. The summed E-state index contributed by atoms with van der Waals surface area (Å²) in [6, 6.07) is 8.80. The number of anilines is 2. The molecule has 0 bridgehead atoms. The van der Waals surface area contributed by atoms with Crippen molar-refractivity contribution in [2.75, 3.05) is 30.4 Å². The summed E-state index contributed by atoms with van der Waals surface area (Å²) in [5.41, 5.74) is 2.57. The maximum absolute atomic E-state index is 13.8. The summed E-state index contributed by atoms with van der Waals surface area (Å²) in [6.07, 6.45) is 4.23. The van der Waals surface area contributed by atoms with Gasteiger partial charge in [-0.3, -0.25) is 4.98 Å². The summed E-state index contributed by atoms with van der Waals surface area (Å²) in [5.74, 6) is 1.18. The Morgan fingerprint density at radius 1 is 1.19 bits per heavy atom. The van der Waals surface area contributed by atoms with Crippen molar-refractivity contribution in [3.05, 3.63) is 59.9 Å². The Kier molecular flexibility index (Phi) is 5.46. The van der Waals surface area contributed by atoms with Crippen LogP contribution in [-0.2, 0) is 0 Å². The van der Waals surface area contributed by atoms with Crippen LogP contribution in [0, 0.1) is 19.7 Å². The van der Waals surface area contributed by atoms with Crippen molar-refractivity contribution in [1.82, 2.24) is 19.7 Å². The second-order valence-electron chi connectivity index (χ2n) is 6.25. The Balaban J connectivity index is 1.55. The molecule has 26 heavy (non-hydrogen) atoms. The van der Waals surface area contributed by atoms with Crippen molar-refractivity contribution in [2.45, 2.75) is 20.3 Å². The Labute approximate surface area is 152 Å². The Morgan fingerprint density at radius 3 is 2.73 bits per heavy atom. The van der Waals surface area contributed by atoms with Gasteiger partial charge in [0.2, 0.25) is 0 Å². The molecule has 0 fully saturated rings. The van der Waals surface area contributed by atoms with Crippen LogP contribution >= 0.6 is 0 Å². The minimum absolute atomic E-state index is 0.202. The highest BCUT2D eigenvalue weighted by Gasteiger charge is 2.08. The van der Waals surface area contributed by atoms with Crippen LogP contribution in [-0.4, -0.2) is 39.9 Å². The fraction of sp³-hybridized carbons (Fsp3) is 0.316. The fourth-order valence-corrected chi connectivity index (χ4v) is 2.82. The minimum Gasteiger partial charge on any atom is -0.372 e. The van der Waals surface area contributed by atoms with E-state index in [1.54, 1.807) is 29.2 Å². The zero-order chi connectivity index (χ0) is 18.5. The molecule has 0 aliphatic carbocycles. The molecule has 7 heteroatoms. The summed E-state index contributed by atoms with van der Waals surface area (Å²) < 4.78 is 15.5. The van der Waals surface area contributed by atoms with Crippen LogP contribution in [0.5, 0.6) is 0 Å². The SMILES string of the molecule is Cc1cc(C)n(-c2cncc(NCCCN(C)c3ccccc3F)n2)n1. The van der Waals surface area contributed by atoms with Gasteiger partial charge in [-0.15, -0.1) is 0 Å². The van der Waals surface area contributed by atoms with Crippen LogP contribution < -0.4 is 10.2 Å². The van der Waals surface area contributed by atoms with Crippen LogP contribution in [0.15, 0.2) is 42.7 Å².